The van der Waals surface area contributed by atoms with Crippen LogP contribution >= 0.6 is 0 Å². The summed E-state index contributed by atoms with van der Waals surface area (Å²) in [5, 5.41) is 2.82. The van der Waals surface area contributed by atoms with Gasteiger partial charge in [-0.2, -0.15) is 0 Å². The van der Waals surface area contributed by atoms with Crippen molar-refractivity contribution in [3.63, 3.8) is 0 Å². The quantitative estimate of drug-likeness (QED) is 0.827. The van der Waals surface area contributed by atoms with Crippen molar-refractivity contribution in [3.05, 3.63) is 23.8 Å². The molecule has 1 aromatic carbocycles. The Morgan fingerprint density at radius 3 is 2.90 bits per heavy atom. The predicted octanol–water partition coefficient (Wildman–Crippen LogP) is 1.10. The van der Waals surface area contributed by atoms with E-state index in [0.717, 1.165) is 11.3 Å². The number of esters is 1. The van der Waals surface area contributed by atoms with Crippen molar-refractivity contribution in [1.29, 1.82) is 0 Å². The van der Waals surface area contributed by atoms with E-state index in [0.29, 0.717) is 25.1 Å². The van der Waals surface area contributed by atoms with Gasteiger partial charge >= 0.3 is 5.97 Å². The number of fused-ring (bicyclic) bond motifs is 1. The van der Waals surface area contributed by atoms with Crippen molar-refractivity contribution in [2.45, 2.75) is 19.3 Å². The molecule has 0 radical (unpaired) electrons. The minimum Gasteiger partial charge on any atom is -0.469 e. The van der Waals surface area contributed by atoms with Gasteiger partial charge in [0.1, 0.15) is 0 Å². The van der Waals surface area contributed by atoms with Crippen molar-refractivity contribution in [1.82, 2.24) is 0 Å². The fraction of sp³-hybridized carbons (Fsp3) is 0.400. The number of rotatable bonds is 2. The summed E-state index contributed by atoms with van der Waals surface area (Å²) in [4.78, 5) is 36.6. The Hall–Kier alpha value is -2.37. The van der Waals surface area contributed by atoms with Crippen LogP contribution in [-0.2, 0) is 25.5 Å². The lowest BCUT2D eigenvalue weighted by Crippen LogP contribution is -2.27. The number of nitrogens with one attached hydrogen (secondary N) is 1. The number of nitrogens with zero attached hydrogens (tertiary/aromatic N) is 1. The van der Waals surface area contributed by atoms with E-state index in [9.17, 15) is 14.4 Å². The van der Waals surface area contributed by atoms with Crippen LogP contribution in [0.25, 0.3) is 0 Å². The van der Waals surface area contributed by atoms with Crippen LogP contribution in [0.5, 0.6) is 0 Å². The molecule has 0 bridgehead atoms. The van der Waals surface area contributed by atoms with Crippen LogP contribution in [0.15, 0.2) is 18.2 Å². The highest BCUT2D eigenvalue weighted by Crippen LogP contribution is 2.31. The van der Waals surface area contributed by atoms with E-state index in [1.54, 1.807) is 11.0 Å². The highest BCUT2D eigenvalue weighted by Gasteiger charge is 2.36. The molecule has 1 atom stereocenters. The summed E-state index contributed by atoms with van der Waals surface area (Å²) in [6.45, 7) is 0.318. The first-order chi connectivity index (χ1) is 10.1. The molecule has 1 saturated heterocycles. The van der Waals surface area contributed by atoms with Crippen LogP contribution in [0.3, 0.4) is 0 Å². The SMILES string of the molecule is COC(=O)C1CC(=O)N(c2ccc3c(c2)NC(=O)CC3)C1. The third-order valence-corrected chi connectivity index (χ3v) is 3.96. The fourth-order valence-corrected chi connectivity index (χ4v) is 2.81. The van der Waals surface area contributed by atoms with Gasteiger partial charge in [0, 0.05) is 30.8 Å². The molecule has 0 saturated carbocycles. The molecule has 1 aromatic rings. The van der Waals surface area contributed by atoms with Gasteiger partial charge in [0.15, 0.2) is 0 Å². The number of carbonyl (C=O) groups excluding carboxylic acids is 3. The number of amides is 2. The number of benzene rings is 1. The van der Waals surface area contributed by atoms with Gasteiger partial charge in [-0.15, -0.1) is 0 Å². The van der Waals surface area contributed by atoms with Gasteiger partial charge in [-0.3, -0.25) is 14.4 Å². The first-order valence-corrected chi connectivity index (χ1v) is 6.89. The lowest BCUT2D eigenvalue weighted by molar-refractivity contribution is -0.145. The predicted molar refractivity (Wildman–Crippen MR) is 75.9 cm³/mol. The number of methoxy groups -OCH3 is 1. The number of hydrogen-bond donors (Lipinski definition) is 1. The molecule has 3 rings (SSSR count). The van der Waals surface area contributed by atoms with E-state index in [1.165, 1.54) is 7.11 Å². The fourth-order valence-electron chi connectivity index (χ4n) is 2.81. The van der Waals surface area contributed by atoms with Crippen LogP contribution in [0.4, 0.5) is 11.4 Å². The average Bonchev–Trinajstić information content (AvgIpc) is 2.87. The largest absolute Gasteiger partial charge is 0.469 e. The molecule has 2 aliphatic rings. The van der Waals surface area contributed by atoms with Gasteiger partial charge in [-0.25, -0.2) is 0 Å². The smallest absolute Gasteiger partial charge is 0.311 e. The average molecular weight is 288 g/mol. The van der Waals surface area contributed by atoms with Crippen molar-refractivity contribution < 1.29 is 19.1 Å². The zero-order valence-corrected chi connectivity index (χ0v) is 11.7. The van der Waals surface area contributed by atoms with E-state index < -0.39 is 5.92 Å². The van der Waals surface area contributed by atoms with Gasteiger partial charge in [0.25, 0.3) is 0 Å². The molecule has 0 spiro atoms. The Bertz CT molecular complexity index is 626. The summed E-state index contributed by atoms with van der Waals surface area (Å²) >= 11 is 0. The van der Waals surface area contributed by atoms with E-state index in [2.05, 4.69) is 5.32 Å². The molecule has 110 valence electrons. The lowest BCUT2D eigenvalue weighted by Gasteiger charge is -2.21. The molecule has 1 N–H and O–H groups in total. The van der Waals surface area contributed by atoms with E-state index >= 15 is 0 Å². The minimum atomic E-state index is -0.423. The minimum absolute atomic E-state index is 0.0140. The zero-order chi connectivity index (χ0) is 15.0. The summed E-state index contributed by atoms with van der Waals surface area (Å²) in [5.41, 5.74) is 2.51. The summed E-state index contributed by atoms with van der Waals surface area (Å²) in [6, 6.07) is 5.57. The molecule has 0 aliphatic carbocycles. The normalized spacial score (nSPS) is 21.0. The summed E-state index contributed by atoms with van der Waals surface area (Å²) < 4.78 is 4.70. The van der Waals surface area contributed by atoms with Gasteiger partial charge < -0.3 is 15.0 Å². The Balaban J connectivity index is 1.84. The number of ether oxygens (including phenoxy) is 1. The highest BCUT2D eigenvalue weighted by atomic mass is 16.5. The maximum atomic E-state index is 12.1. The molecule has 0 aromatic heterocycles. The van der Waals surface area contributed by atoms with Crippen LogP contribution in [0.1, 0.15) is 18.4 Å². The van der Waals surface area contributed by atoms with E-state index in [1.807, 2.05) is 12.1 Å². The molecule has 2 aliphatic heterocycles. The Morgan fingerprint density at radius 2 is 2.14 bits per heavy atom. The molecule has 2 amide bonds. The van der Waals surface area contributed by atoms with Gasteiger partial charge in [0.05, 0.1) is 13.0 Å². The molecule has 1 unspecified atom stereocenters. The summed E-state index contributed by atoms with van der Waals surface area (Å²) in [5.74, 6) is -0.905. The molecule has 2 heterocycles. The number of carbonyl (C=O) groups is 3. The van der Waals surface area contributed by atoms with Crippen LogP contribution < -0.4 is 10.2 Å². The number of aryl methyl sites for hydroxylation is 1. The topological polar surface area (TPSA) is 75.7 Å². The number of hydrogen-bond acceptors (Lipinski definition) is 4. The molecular formula is C15H16N2O4. The molecular weight excluding hydrogens is 272 g/mol. The van der Waals surface area contributed by atoms with Gasteiger partial charge in [0.2, 0.25) is 11.8 Å². The maximum Gasteiger partial charge on any atom is 0.311 e. The molecule has 6 heteroatoms. The Morgan fingerprint density at radius 1 is 1.33 bits per heavy atom. The molecule has 1 fully saturated rings. The molecule has 21 heavy (non-hydrogen) atoms. The lowest BCUT2D eigenvalue weighted by atomic mass is 10.0. The maximum absolute atomic E-state index is 12.1. The van der Waals surface area contributed by atoms with Crippen LogP contribution in [-0.4, -0.2) is 31.4 Å². The van der Waals surface area contributed by atoms with Crippen molar-refractivity contribution in [3.8, 4) is 0 Å². The summed E-state index contributed by atoms with van der Waals surface area (Å²) in [7, 11) is 1.32. The number of anilines is 2. The zero-order valence-electron chi connectivity index (χ0n) is 11.7. The second-order valence-electron chi connectivity index (χ2n) is 5.32. The van der Waals surface area contributed by atoms with Crippen molar-refractivity contribution in [2.24, 2.45) is 5.92 Å². The second-order valence-corrected chi connectivity index (χ2v) is 5.32. The third-order valence-electron chi connectivity index (χ3n) is 3.96. The third kappa shape index (κ3) is 2.49. The van der Waals surface area contributed by atoms with E-state index in [-0.39, 0.29) is 24.2 Å². The standard InChI is InChI=1S/C15H16N2O4/c1-21-15(20)10-6-14(19)17(8-10)11-4-2-9-3-5-13(18)16-12(9)7-11/h2,4,7,10H,3,5-6,8H2,1H3,(H,16,18). The second kappa shape index (κ2) is 5.20. The van der Waals surface area contributed by atoms with E-state index in [4.69, 9.17) is 4.74 Å². The first-order valence-electron chi connectivity index (χ1n) is 6.89. The molecule has 6 nitrogen and oxygen atoms in total. The monoisotopic (exact) mass is 288 g/mol. The Labute approximate surface area is 122 Å². The first kappa shape index (κ1) is 13.6. The Kier molecular flexibility index (Phi) is 3.37. The van der Waals surface area contributed by atoms with Crippen LogP contribution in [0, 0.1) is 5.92 Å². The highest BCUT2D eigenvalue weighted by molar-refractivity contribution is 6.01. The van der Waals surface area contributed by atoms with Crippen molar-refractivity contribution in [2.75, 3.05) is 23.9 Å². The van der Waals surface area contributed by atoms with Crippen LogP contribution in [0.2, 0.25) is 0 Å². The van der Waals surface area contributed by atoms with Gasteiger partial charge in [-0.1, -0.05) is 6.07 Å². The summed E-state index contributed by atoms with van der Waals surface area (Å²) in [6.07, 6.45) is 1.36. The van der Waals surface area contributed by atoms with Crippen molar-refractivity contribution >= 4 is 29.2 Å². The van der Waals surface area contributed by atoms with Gasteiger partial charge in [-0.05, 0) is 24.1 Å².